The zero-order valence-electron chi connectivity index (χ0n) is 22.1. The molecule has 0 aliphatic heterocycles. The van der Waals surface area contributed by atoms with Crippen molar-refractivity contribution in [2.75, 3.05) is 5.75 Å². The lowest BCUT2D eigenvalue weighted by Crippen LogP contribution is -2.52. The Morgan fingerprint density at radius 2 is 1.66 bits per heavy atom. The van der Waals surface area contributed by atoms with Crippen molar-refractivity contribution in [2.45, 2.75) is 58.0 Å². The third kappa shape index (κ3) is 8.73. The van der Waals surface area contributed by atoms with Crippen LogP contribution in [0.1, 0.15) is 42.5 Å². The minimum absolute atomic E-state index is 0.00629. The van der Waals surface area contributed by atoms with E-state index in [1.54, 1.807) is 17.0 Å². The fraction of sp³-hybridized carbons (Fsp3) is 0.333. The van der Waals surface area contributed by atoms with Crippen LogP contribution in [0, 0.1) is 17.0 Å². The van der Waals surface area contributed by atoms with Crippen molar-refractivity contribution in [1.82, 2.24) is 10.2 Å². The minimum atomic E-state index is -0.667. The summed E-state index contributed by atoms with van der Waals surface area (Å²) in [6.07, 6.45) is 1.20. The number of thioether (sulfide) groups is 1. The van der Waals surface area contributed by atoms with Crippen molar-refractivity contribution in [1.29, 1.82) is 0 Å². The van der Waals surface area contributed by atoms with Crippen LogP contribution in [0.5, 0.6) is 0 Å². The number of hydrogen-bond donors (Lipinski definition) is 1. The van der Waals surface area contributed by atoms with E-state index < -0.39 is 11.0 Å². The lowest BCUT2D eigenvalue weighted by atomic mass is 10.0. The van der Waals surface area contributed by atoms with Crippen LogP contribution >= 0.6 is 11.8 Å². The number of carbonyl (C=O) groups excluding carboxylic acids is 2. The van der Waals surface area contributed by atoms with E-state index in [1.165, 1.54) is 23.9 Å². The first-order chi connectivity index (χ1) is 18.3. The molecular weight excluding hydrogens is 498 g/mol. The van der Waals surface area contributed by atoms with E-state index in [0.29, 0.717) is 18.7 Å². The van der Waals surface area contributed by atoms with Gasteiger partial charge in [-0.3, -0.25) is 19.7 Å². The van der Waals surface area contributed by atoms with E-state index in [4.69, 9.17) is 0 Å². The number of carbonyl (C=O) groups is 2. The number of nitrogens with one attached hydrogen (secondary N) is 1. The molecule has 3 rings (SSSR count). The molecule has 0 unspecified atom stereocenters. The van der Waals surface area contributed by atoms with Crippen molar-refractivity contribution in [3.63, 3.8) is 0 Å². The highest BCUT2D eigenvalue weighted by Crippen LogP contribution is 2.20. The van der Waals surface area contributed by atoms with Gasteiger partial charge in [-0.25, -0.2) is 0 Å². The predicted octanol–water partition coefficient (Wildman–Crippen LogP) is 5.69. The fourth-order valence-corrected chi connectivity index (χ4v) is 4.93. The molecule has 8 heteroatoms. The summed E-state index contributed by atoms with van der Waals surface area (Å²) >= 11 is 1.43. The van der Waals surface area contributed by atoms with Crippen LogP contribution in [0.15, 0.2) is 78.9 Å². The Kier molecular flexibility index (Phi) is 10.9. The van der Waals surface area contributed by atoms with E-state index in [-0.39, 0.29) is 29.3 Å². The Morgan fingerprint density at radius 1 is 0.974 bits per heavy atom. The molecular formula is C30H35N3O4S. The molecule has 38 heavy (non-hydrogen) atoms. The first kappa shape index (κ1) is 28.9. The Labute approximate surface area is 228 Å². The SMILES string of the molecule is CC[C@@H](C)NC(=O)[C@@H](Cc1ccccc1)N(Cc1cccc(C)c1)C(=O)CSCc1ccc([N+](=O)[O-])cc1. The third-order valence-corrected chi connectivity index (χ3v) is 7.34. The molecule has 7 nitrogen and oxygen atoms in total. The normalized spacial score (nSPS) is 12.4. The predicted molar refractivity (Wildman–Crippen MR) is 153 cm³/mol. The summed E-state index contributed by atoms with van der Waals surface area (Å²) in [5, 5.41) is 14.0. The average Bonchev–Trinajstić information content (AvgIpc) is 2.91. The molecule has 0 bridgehead atoms. The van der Waals surface area contributed by atoms with Crippen LogP contribution in [0.25, 0.3) is 0 Å². The number of amides is 2. The van der Waals surface area contributed by atoms with E-state index in [0.717, 1.165) is 28.7 Å². The summed E-state index contributed by atoms with van der Waals surface area (Å²) in [5.41, 5.74) is 3.97. The topological polar surface area (TPSA) is 92.6 Å². The zero-order valence-corrected chi connectivity index (χ0v) is 22.9. The largest absolute Gasteiger partial charge is 0.352 e. The van der Waals surface area contributed by atoms with Crippen molar-refractivity contribution < 1.29 is 14.5 Å². The van der Waals surface area contributed by atoms with E-state index in [9.17, 15) is 19.7 Å². The van der Waals surface area contributed by atoms with Crippen LogP contribution in [-0.4, -0.2) is 39.5 Å². The van der Waals surface area contributed by atoms with Crippen molar-refractivity contribution in [3.05, 3.63) is 111 Å². The van der Waals surface area contributed by atoms with Crippen molar-refractivity contribution >= 4 is 29.3 Å². The van der Waals surface area contributed by atoms with Crippen LogP contribution in [0.2, 0.25) is 0 Å². The standard InChI is InChI=1S/C30H35N3O4S/c1-4-23(3)31-30(35)28(18-24-10-6-5-7-11-24)32(19-26-12-8-9-22(2)17-26)29(34)21-38-20-25-13-15-27(16-14-25)33(36)37/h5-17,23,28H,4,18-21H2,1-3H3,(H,31,35)/t23-,28-/m1/s1. The van der Waals surface area contributed by atoms with Crippen LogP contribution in [0.4, 0.5) is 5.69 Å². The summed E-state index contributed by atoms with van der Waals surface area (Å²) in [5.74, 6) is 0.429. The molecule has 0 aliphatic carbocycles. The molecule has 3 aromatic rings. The summed E-state index contributed by atoms with van der Waals surface area (Å²) < 4.78 is 0. The molecule has 0 aliphatic rings. The molecule has 2 atom stereocenters. The van der Waals surface area contributed by atoms with Gasteiger partial charge in [-0.1, -0.05) is 79.2 Å². The minimum Gasteiger partial charge on any atom is -0.352 e. The molecule has 200 valence electrons. The van der Waals surface area contributed by atoms with Gasteiger partial charge in [0.25, 0.3) is 5.69 Å². The molecule has 0 spiro atoms. The third-order valence-electron chi connectivity index (χ3n) is 6.35. The second-order valence-electron chi connectivity index (χ2n) is 9.45. The van der Waals surface area contributed by atoms with Gasteiger partial charge in [-0.2, -0.15) is 0 Å². The van der Waals surface area contributed by atoms with Crippen LogP contribution < -0.4 is 5.32 Å². The Bertz CT molecular complexity index is 1220. The molecule has 0 fully saturated rings. The van der Waals surface area contributed by atoms with Gasteiger partial charge in [0, 0.05) is 36.9 Å². The molecule has 0 radical (unpaired) electrons. The maximum atomic E-state index is 13.7. The van der Waals surface area contributed by atoms with Crippen LogP contribution in [0.3, 0.4) is 0 Å². The number of nitro benzene ring substituents is 1. The maximum Gasteiger partial charge on any atom is 0.269 e. The number of benzene rings is 3. The van der Waals surface area contributed by atoms with Gasteiger partial charge in [-0.05, 0) is 37.0 Å². The van der Waals surface area contributed by atoms with Gasteiger partial charge in [-0.15, -0.1) is 11.8 Å². The number of nitrogens with zero attached hydrogens (tertiary/aromatic N) is 2. The fourth-order valence-electron chi connectivity index (χ4n) is 4.06. The number of non-ortho nitro benzene ring substituents is 1. The second-order valence-corrected chi connectivity index (χ2v) is 10.4. The first-order valence-corrected chi connectivity index (χ1v) is 13.9. The Morgan fingerprint density at radius 3 is 2.29 bits per heavy atom. The number of hydrogen-bond acceptors (Lipinski definition) is 5. The van der Waals surface area contributed by atoms with Gasteiger partial charge in [0.15, 0.2) is 0 Å². The highest BCUT2D eigenvalue weighted by molar-refractivity contribution is 7.99. The van der Waals surface area contributed by atoms with Crippen molar-refractivity contribution in [2.24, 2.45) is 0 Å². The second kappa shape index (κ2) is 14.3. The summed E-state index contributed by atoms with van der Waals surface area (Å²) in [7, 11) is 0. The quantitative estimate of drug-likeness (QED) is 0.225. The average molecular weight is 534 g/mol. The zero-order chi connectivity index (χ0) is 27.5. The van der Waals surface area contributed by atoms with Crippen molar-refractivity contribution in [3.8, 4) is 0 Å². The lowest BCUT2D eigenvalue weighted by Gasteiger charge is -2.32. The van der Waals surface area contributed by atoms with Crippen LogP contribution in [-0.2, 0) is 28.3 Å². The highest BCUT2D eigenvalue weighted by atomic mass is 32.2. The van der Waals surface area contributed by atoms with Gasteiger partial charge in [0.05, 0.1) is 10.7 Å². The monoisotopic (exact) mass is 533 g/mol. The number of nitro groups is 1. The lowest BCUT2D eigenvalue weighted by molar-refractivity contribution is -0.384. The number of rotatable bonds is 13. The summed E-state index contributed by atoms with van der Waals surface area (Å²) in [6, 6.07) is 23.4. The van der Waals surface area contributed by atoms with E-state index in [1.807, 2.05) is 75.4 Å². The highest BCUT2D eigenvalue weighted by Gasteiger charge is 2.30. The molecule has 0 saturated heterocycles. The summed E-state index contributed by atoms with van der Waals surface area (Å²) in [4.78, 5) is 39.4. The molecule has 0 aromatic heterocycles. The van der Waals surface area contributed by atoms with Gasteiger partial charge in [0.1, 0.15) is 6.04 Å². The maximum absolute atomic E-state index is 13.7. The van der Waals surface area contributed by atoms with E-state index in [2.05, 4.69) is 5.32 Å². The number of aryl methyl sites for hydroxylation is 1. The summed E-state index contributed by atoms with van der Waals surface area (Å²) in [6.45, 7) is 6.31. The van der Waals surface area contributed by atoms with Gasteiger partial charge < -0.3 is 10.2 Å². The molecule has 1 N–H and O–H groups in total. The molecule has 0 heterocycles. The van der Waals surface area contributed by atoms with E-state index >= 15 is 0 Å². The molecule has 2 amide bonds. The Balaban J connectivity index is 1.83. The van der Waals surface area contributed by atoms with Gasteiger partial charge >= 0.3 is 0 Å². The smallest absolute Gasteiger partial charge is 0.269 e. The molecule has 0 saturated carbocycles. The van der Waals surface area contributed by atoms with Gasteiger partial charge in [0.2, 0.25) is 11.8 Å². The first-order valence-electron chi connectivity index (χ1n) is 12.8. The molecule has 3 aromatic carbocycles. The Hall–Kier alpha value is -3.65.